The van der Waals surface area contributed by atoms with Crippen molar-refractivity contribution in [2.45, 2.75) is 64.2 Å². The molecule has 1 aromatic carbocycles. The number of nitrogens with zero attached hydrogens (tertiary/aromatic N) is 4. The number of piperidine rings is 1. The third-order valence-corrected chi connectivity index (χ3v) is 8.28. The van der Waals surface area contributed by atoms with Crippen molar-refractivity contribution >= 4 is 29.2 Å². The van der Waals surface area contributed by atoms with Gasteiger partial charge >= 0.3 is 5.97 Å². The van der Waals surface area contributed by atoms with Gasteiger partial charge in [0.05, 0.1) is 5.92 Å². The molecule has 2 aliphatic rings. The predicted molar refractivity (Wildman–Crippen MR) is 161 cm³/mol. The molecule has 0 aliphatic carbocycles. The first-order valence-corrected chi connectivity index (χ1v) is 14.9. The van der Waals surface area contributed by atoms with Crippen molar-refractivity contribution in [3.8, 4) is 0 Å². The van der Waals surface area contributed by atoms with Crippen LogP contribution in [-0.4, -0.2) is 58.0 Å². The van der Waals surface area contributed by atoms with Crippen LogP contribution < -0.4 is 15.5 Å². The molecule has 4 heterocycles. The molecule has 0 spiro atoms. The van der Waals surface area contributed by atoms with Crippen LogP contribution in [-0.2, 0) is 28.9 Å². The molecule has 216 valence electrons. The van der Waals surface area contributed by atoms with E-state index in [4.69, 9.17) is 4.98 Å². The molecule has 0 radical (unpaired) electrons. The fourth-order valence-electron chi connectivity index (χ4n) is 5.88. The van der Waals surface area contributed by atoms with E-state index in [0.717, 1.165) is 73.8 Å². The minimum Gasteiger partial charge on any atom is -0.481 e. The van der Waals surface area contributed by atoms with Crippen LogP contribution in [0.4, 0.5) is 17.5 Å². The summed E-state index contributed by atoms with van der Waals surface area (Å²) in [5.41, 5.74) is 4.53. The Morgan fingerprint density at radius 3 is 2.68 bits per heavy atom. The number of carbonyl (C=O) groups is 2. The molecule has 0 unspecified atom stereocenters. The van der Waals surface area contributed by atoms with Crippen LogP contribution in [0.15, 0.2) is 48.8 Å². The maximum atomic E-state index is 12.6. The lowest BCUT2D eigenvalue weighted by molar-refractivity contribution is -0.143. The van der Waals surface area contributed by atoms with Crippen molar-refractivity contribution in [3.63, 3.8) is 0 Å². The number of nitrogens with one attached hydrogen (secondary N) is 2. The van der Waals surface area contributed by atoms with Crippen LogP contribution >= 0.6 is 0 Å². The summed E-state index contributed by atoms with van der Waals surface area (Å²) in [5, 5.41) is 16.5. The van der Waals surface area contributed by atoms with Gasteiger partial charge in [0.2, 0.25) is 0 Å². The number of anilines is 3. The van der Waals surface area contributed by atoms with Gasteiger partial charge < -0.3 is 20.6 Å². The molecule has 0 saturated carbocycles. The van der Waals surface area contributed by atoms with Crippen molar-refractivity contribution in [3.05, 3.63) is 71.2 Å². The molecule has 41 heavy (non-hydrogen) atoms. The number of aryl methyl sites for hydroxylation is 2. The number of carbonyl (C=O) groups excluding carboxylic acids is 1. The largest absolute Gasteiger partial charge is 0.481 e. The van der Waals surface area contributed by atoms with Crippen molar-refractivity contribution in [1.82, 2.24) is 15.0 Å². The number of Topliss-reactive ketones (excluding diaryl/α,β-unsaturated/α-hetero) is 1. The number of pyridine rings is 1. The molecule has 9 nitrogen and oxygen atoms in total. The molecule has 3 N–H and O–H groups in total. The van der Waals surface area contributed by atoms with E-state index in [1.54, 1.807) is 6.33 Å². The van der Waals surface area contributed by atoms with E-state index in [2.05, 4.69) is 44.6 Å². The number of carboxylic acid groups (broad SMARTS) is 1. The van der Waals surface area contributed by atoms with Crippen LogP contribution in [0.5, 0.6) is 0 Å². The highest BCUT2D eigenvalue weighted by molar-refractivity contribution is 5.84. The molecule has 0 bridgehead atoms. The summed E-state index contributed by atoms with van der Waals surface area (Å²) in [6.07, 6.45) is 7.44. The Bertz CT molecular complexity index is 1340. The summed E-state index contributed by atoms with van der Waals surface area (Å²) in [7, 11) is 0. The Labute approximate surface area is 241 Å². The van der Waals surface area contributed by atoms with Gasteiger partial charge in [0.1, 0.15) is 29.6 Å². The summed E-state index contributed by atoms with van der Waals surface area (Å²) in [6, 6.07) is 14.2. The lowest BCUT2D eigenvalue weighted by Gasteiger charge is -2.34. The molecule has 2 aliphatic heterocycles. The number of ketones is 1. The number of hydrogen-bond donors (Lipinski definition) is 3. The van der Waals surface area contributed by atoms with Gasteiger partial charge in [-0.15, -0.1) is 0 Å². The number of aromatic nitrogens is 3. The third-order valence-electron chi connectivity index (χ3n) is 8.28. The lowest BCUT2D eigenvalue weighted by atomic mass is 9.92. The van der Waals surface area contributed by atoms with Crippen molar-refractivity contribution in [1.29, 1.82) is 0 Å². The molecule has 2 aromatic heterocycles. The highest BCUT2D eigenvalue weighted by Gasteiger charge is 2.27. The SMILES string of the molecule is CCc1c(NC[C@H](CC(=O)CCc2ccccc2)C(=O)O)ncnc1N1CCC(c2ccc3c(n2)NCCC3)CC1. The van der Waals surface area contributed by atoms with Gasteiger partial charge in [-0.25, -0.2) is 15.0 Å². The van der Waals surface area contributed by atoms with E-state index in [-0.39, 0.29) is 18.7 Å². The summed E-state index contributed by atoms with van der Waals surface area (Å²) < 4.78 is 0. The van der Waals surface area contributed by atoms with Crippen LogP contribution in [0, 0.1) is 5.92 Å². The lowest BCUT2D eigenvalue weighted by Crippen LogP contribution is -2.35. The van der Waals surface area contributed by atoms with Crippen LogP contribution in [0.1, 0.15) is 67.3 Å². The first-order chi connectivity index (χ1) is 20.0. The highest BCUT2D eigenvalue weighted by atomic mass is 16.4. The zero-order valence-electron chi connectivity index (χ0n) is 23.8. The first kappa shape index (κ1) is 28.5. The molecule has 1 saturated heterocycles. The van der Waals surface area contributed by atoms with E-state index in [1.807, 2.05) is 30.3 Å². The van der Waals surface area contributed by atoms with Crippen molar-refractivity contribution < 1.29 is 14.7 Å². The first-order valence-electron chi connectivity index (χ1n) is 14.9. The minimum atomic E-state index is -0.981. The number of rotatable bonds is 12. The number of fused-ring (bicyclic) bond motifs is 1. The van der Waals surface area contributed by atoms with Gasteiger partial charge in [0.25, 0.3) is 0 Å². The quantitative estimate of drug-likeness (QED) is 0.287. The van der Waals surface area contributed by atoms with E-state index in [1.165, 1.54) is 5.56 Å². The summed E-state index contributed by atoms with van der Waals surface area (Å²) >= 11 is 0. The Morgan fingerprint density at radius 2 is 1.93 bits per heavy atom. The predicted octanol–water partition coefficient (Wildman–Crippen LogP) is 4.88. The van der Waals surface area contributed by atoms with Gasteiger partial charge in [0, 0.05) is 56.2 Å². The Morgan fingerprint density at radius 1 is 1.12 bits per heavy atom. The van der Waals surface area contributed by atoms with Gasteiger partial charge in [0.15, 0.2) is 0 Å². The zero-order chi connectivity index (χ0) is 28.6. The van der Waals surface area contributed by atoms with E-state index in [9.17, 15) is 14.7 Å². The second-order valence-corrected chi connectivity index (χ2v) is 11.1. The fourth-order valence-corrected chi connectivity index (χ4v) is 5.88. The number of benzene rings is 1. The second-order valence-electron chi connectivity index (χ2n) is 11.1. The average molecular weight is 557 g/mol. The van der Waals surface area contributed by atoms with Gasteiger partial charge in [-0.1, -0.05) is 43.3 Å². The maximum Gasteiger partial charge on any atom is 0.308 e. The molecule has 3 aromatic rings. The molecule has 1 fully saturated rings. The summed E-state index contributed by atoms with van der Waals surface area (Å²) in [4.78, 5) is 40.9. The average Bonchev–Trinajstić information content (AvgIpc) is 3.02. The molecule has 0 amide bonds. The van der Waals surface area contributed by atoms with E-state index in [0.29, 0.717) is 31.0 Å². The standard InChI is InChI=1S/C32H40N6O3/c1-2-27-30(34-20-25(32(40)41)19-26(39)12-10-22-7-4-3-5-8-22)35-21-36-31(27)38-17-14-23(15-18-38)28-13-11-24-9-6-16-33-29(24)37-28/h3-5,7-8,11,13,21,23,25H,2,6,9-10,12,14-20H2,1H3,(H,33,37)(H,40,41)(H,34,35,36)/t25-/m0/s1. The van der Waals surface area contributed by atoms with Gasteiger partial charge in [-0.2, -0.15) is 0 Å². The second kappa shape index (κ2) is 13.6. The summed E-state index contributed by atoms with van der Waals surface area (Å²) in [5.74, 6) is 1.16. The molecular formula is C32H40N6O3. The zero-order valence-corrected chi connectivity index (χ0v) is 23.8. The van der Waals surface area contributed by atoms with Crippen molar-refractivity contribution in [2.24, 2.45) is 5.92 Å². The summed E-state index contributed by atoms with van der Waals surface area (Å²) in [6.45, 7) is 4.92. The Hall–Kier alpha value is -4.01. The van der Waals surface area contributed by atoms with Gasteiger partial charge in [-0.05, 0) is 55.7 Å². The maximum absolute atomic E-state index is 12.6. The van der Waals surface area contributed by atoms with Crippen molar-refractivity contribution in [2.75, 3.05) is 41.7 Å². The van der Waals surface area contributed by atoms with Crippen LogP contribution in [0.2, 0.25) is 0 Å². The molecular weight excluding hydrogens is 516 g/mol. The minimum absolute atomic E-state index is 0.00563. The number of carboxylic acids is 1. The molecule has 9 heteroatoms. The number of aliphatic carboxylic acids is 1. The number of hydrogen-bond acceptors (Lipinski definition) is 8. The van der Waals surface area contributed by atoms with Gasteiger partial charge in [-0.3, -0.25) is 9.59 Å². The Kier molecular flexibility index (Phi) is 9.44. The normalized spacial score (nSPS) is 16.0. The monoisotopic (exact) mass is 556 g/mol. The Balaban J connectivity index is 1.18. The highest BCUT2D eigenvalue weighted by Crippen LogP contribution is 2.33. The van der Waals surface area contributed by atoms with E-state index < -0.39 is 11.9 Å². The third kappa shape index (κ3) is 7.20. The smallest absolute Gasteiger partial charge is 0.308 e. The van der Waals surface area contributed by atoms with Crippen LogP contribution in [0.25, 0.3) is 0 Å². The molecule has 5 rings (SSSR count). The topological polar surface area (TPSA) is 120 Å². The van der Waals surface area contributed by atoms with E-state index >= 15 is 0 Å². The fraction of sp³-hybridized carbons (Fsp3) is 0.469. The van der Waals surface area contributed by atoms with Crippen LogP contribution in [0.3, 0.4) is 0 Å². The molecule has 1 atom stereocenters.